The van der Waals surface area contributed by atoms with Crippen LogP contribution in [0.4, 0.5) is 0 Å². The lowest BCUT2D eigenvalue weighted by Gasteiger charge is -2.32. The first-order valence-corrected chi connectivity index (χ1v) is 8.68. The molecule has 128 valence electrons. The van der Waals surface area contributed by atoms with E-state index in [1.807, 2.05) is 24.7 Å². The Labute approximate surface area is 144 Å². The van der Waals surface area contributed by atoms with Crippen molar-refractivity contribution in [1.82, 2.24) is 20.0 Å². The zero-order valence-corrected chi connectivity index (χ0v) is 15.1. The number of likely N-dealkylation sites (tertiary alicyclic amines) is 1. The second kappa shape index (κ2) is 7.92. The maximum atomic E-state index is 12.2. The highest BCUT2D eigenvalue weighted by molar-refractivity contribution is 9.10. The van der Waals surface area contributed by atoms with Crippen LogP contribution >= 0.6 is 15.9 Å². The quantitative estimate of drug-likeness (QED) is 0.787. The van der Waals surface area contributed by atoms with Gasteiger partial charge in [0.15, 0.2) is 0 Å². The number of nitrogens with one attached hydrogen (secondary N) is 1. The van der Waals surface area contributed by atoms with Crippen LogP contribution in [-0.4, -0.2) is 52.2 Å². The van der Waals surface area contributed by atoms with Gasteiger partial charge in [0, 0.05) is 19.3 Å². The fourth-order valence-corrected chi connectivity index (χ4v) is 2.89. The zero-order valence-electron chi connectivity index (χ0n) is 13.5. The average Bonchev–Trinajstić information content (AvgIpc) is 2.98. The maximum Gasteiger partial charge on any atom is 0.241 e. The molecule has 0 unspecified atom stereocenters. The smallest absolute Gasteiger partial charge is 0.241 e. The lowest BCUT2D eigenvalue weighted by atomic mass is 10.0. The second-order valence-corrected chi connectivity index (χ2v) is 7.15. The third-order valence-corrected chi connectivity index (χ3v) is 4.61. The molecule has 1 aliphatic heterocycles. The molecule has 0 aromatic carbocycles. The number of amides is 2. The molecular formula is C15H24BrN5O2. The van der Waals surface area contributed by atoms with E-state index in [-0.39, 0.29) is 24.3 Å². The van der Waals surface area contributed by atoms with E-state index in [0.717, 1.165) is 17.3 Å². The Morgan fingerprint density at radius 2 is 2.09 bits per heavy atom. The normalized spacial score (nSPS) is 17.3. The molecule has 2 heterocycles. The highest BCUT2D eigenvalue weighted by Crippen LogP contribution is 2.23. The molecule has 1 fully saturated rings. The van der Waals surface area contributed by atoms with E-state index in [0.29, 0.717) is 19.1 Å². The van der Waals surface area contributed by atoms with Gasteiger partial charge in [-0.2, -0.15) is 5.10 Å². The number of hydrogen-bond acceptors (Lipinski definition) is 4. The molecular weight excluding hydrogens is 362 g/mol. The Balaban J connectivity index is 1.76. The van der Waals surface area contributed by atoms with Crippen molar-refractivity contribution in [3.05, 3.63) is 16.9 Å². The molecule has 0 saturated carbocycles. The van der Waals surface area contributed by atoms with E-state index in [1.54, 1.807) is 11.1 Å². The SMILES string of the molecule is CC(C)[C@H](N)C(=O)NCC(=O)N1CCC(n2cc(Br)cn2)CC1. The number of carbonyl (C=O) groups is 2. The van der Waals surface area contributed by atoms with Gasteiger partial charge in [-0.1, -0.05) is 13.8 Å². The van der Waals surface area contributed by atoms with Gasteiger partial charge in [0.2, 0.25) is 11.8 Å². The molecule has 8 heteroatoms. The summed E-state index contributed by atoms with van der Waals surface area (Å²) in [5, 5.41) is 6.93. The monoisotopic (exact) mass is 385 g/mol. The zero-order chi connectivity index (χ0) is 17.0. The summed E-state index contributed by atoms with van der Waals surface area (Å²) in [5.74, 6) is -0.284. The summed E-state index contributed by atoms with van der Waals surface area (Å²) < 4.78 is 2.90. The predicted molar refractivity (Wildman–Crippen MR) is 90.6 cm³/mol. The van der Waals surface area contributed by atoms with Gasteiger partial charge in [0.25, 0.3) is 0 Å². The van der Waals surface area contributed by atoms with Crippen molar-refractivity contribution in [3.63, 3.8) is 0 Å². The highest BCUT2D eigenvalue weighted by atomic mass is 79.9. The molecule has 2 amide bonds. The van der Waals surface area contributed by atoms with Gasteiger partial charge in [0.05, 0.1) is 29.3 Å². The summed E-state index contributed by atoms with van der Waals surface area (Å²) in [6.45, 7) is 5.12. The Bertz CT molecular complexity index is 552. The van der Waals surface area contributed by atoms with Crippen LogP contribution in [-0.2, 0) is 9.59 Å². The van der Waals surface area contributed by atoms with Crippen LogP contribution in [0.2, 0.25) is 0 Å². The average molecular weight is 386 g/mol. The van der Waals surface area contributed by atoms with Crippen molar-refractivity contribution < 1.29 is 9.59 Å². The van der Waals surface area contributed by atoms with Gasteiger partial charge in [0.1, 0.15) is 0 Å². The fraction of sp³-hybridized carbons (Fsp3) is 0.667. The van der Waals surface area contributed by atoms with Gasteiger partial charge in [-0.3, -0.25) is 14.3 Å². The van der Waals surface area contributed by atoms with Gasteiger partial charge in [-0.15, -0.1) is 0 Å². The molecule has 3 N–H and O–H groups in total. The van der Waals surface area contributed by atoms with Crippen molar-refractivity contribution in [1.29, 1.82) is 0 Å². The van der Waals surface area contributed by atoms with Crippen LogP contribution in [0.1, 0.15) is 32.7 Å². The number of halogens is 1. The number of rotatable bonds is 5. The van der Waals surface area contributed by atoms with Gasteiger partial charge < -0.3 is 16.0 Å². The van der Waals surface area contributed by atoms with Crippen molar-refractivity contribution in [3.8, 4) is 0 Å². The van der Waals surface area contributed by atoms with Crippen molar-refractivity contribution in [2.24, 2.45) is 11.7 Å². The van der Waals surface area contributed by atoms with Crippen molar-refractivity contribution in [2.45, 2.75) is 38.8 Å². The summed E-state index contributed by atoms with van der Waals surface area (Å²) in [5.41, 5.74) is 5.76. The maximum absolute atomic E-state index is 12.2. The number of nitrogens with zero attached hydrogens (tertiary/aromatic N) is 3. The van der Waals surface area contributed by atoms with E-state index in [2.05, 4.69) is 26.3 Å². The van der Waals surface area contributed by atoms with E-state index < -0.39 is 6.04 Å². The Morgan fingerprint density at radius 3 is 2.61 bits per heavy atom. The summed E-state index contributed by atoms with van der Waals surface area (Å²) >= 11 is 3.39. The van der Waals surface area contributed by atoms with Gasteiger partial charge >= 0.3 is 0 Å². The third kappa shape index (κ3) is 4.78. The van der Waals surface area contributed by atoms with E-state index in [1.165, 1.54) is 0 Å². The largest absolute Gasteiger partial charge is 0.346 e. The van der Waals surface area contributed by atoms with Crippen LogP contribution < -0.4 is 11.1 Å². The molecule has 0 spiro atoms. The lowest BCUT2D eigenvalue weighted by molar-refractivity contribution is -0.134. The molecule has 1 aliphatic rings. The van der Waals surface area contributed by atoms with Crippen LogP contribution in [0.5, 0.6) is 0 Å². The van der Waals surface area contributed by atoms with Crippen molar-refractivity contribution >= 4 is 27.7 Å². The highest BCUT2D eigenvalue weighted by Gasteiger charge is 2.25. The summed E-state index contributed by atoms with van der Waals surface area (Å²) in [4.78, 5) is 25.8. The first-order chi connectivity index (χ1) is 10.9. The predicted octanol–water partition coefficient (Wildman–Crippen LogP) is 0.909. The van der Waals surface area contributed by atoms with Crippen molar-refractivity contribution in [2.75, 3.05) is 19.6 Å². The number of carbonyl (C=O) groups excluding carboxylic acids is 2. The van der Waals surface area contributed by atoms with Crippen LogP contribution in [0.15, 0.2) is 16.9 Å². The van der Waals surface area contributed by atoms with Crippen LogP contribution in [0, 0.1) is 5.92 Å². The van der Waals surface area contributed by atoms with Gasteiger partial charge in [-0.05, 0) is 34.7 Å². The van der Waals surface area contributed by atoms with Gasteiger partial charge in [-0.25, -0.2) is 0 Å². The Morgan fingerprint density at radius 1 is 1.43 bits per heavy atom. The number of nitrogens with two attached hydrogens (primary N) is 1. The molecule has 1 aromatic heterocycles. The summed E-state index contributed by atoms with van der Waals surface area (Å²) in [6, 6.07) is -0.263. The molecule has 23 heavy (non-hydrogen) atoms. The molecule has 2 rings (SSSR count). The van der Waals surface area contributed by atoms with E-state index >= 15 is 0 Å². The minimum atomic E-state index is -0.577. The van der Waals surface area contributed by atoms with Crippen LogP contribution in [0.3, 0.4) is 0 Å². The minimum absolute atomic E-state index is 0.0111. The molecule has 1 atom stereocenters. The van der Waals surface area contributed by atoms with Crippen LogP contribution in [0.25, 0.3) is 0 Å². The molecule has 0 aliphatic carbocycles. The van der Waals surface area contributed by atoms with E-state index in [9.17, 15) is 9.59 Å². The molecule has 0 radical (unpaired) electrons. The molecule has 7 nitrogen and oxygen atoms in total. The summed E-state index contributed by atoms with van der Waals surface area (Å²) in [7, 11) is 0. The lowest BCUT2D eigenvalue weighted by Crippen LogP contribution is -2.49. The topological polar surface area (TPSA) is 93.2 Å². The number of hydrogen-bond donors (Lipinski definition) is 2. The molecule has 1 saturated heterocycles. The van der Waals surface area contributed by atoms with E-state index in [4.69, 9.17) is 5.73 Å². The first-order valence-electron chi connectivity index (χ1n) is 7.89. The number of piperidine rings is 1. The summed E-state index contributed by atoms with van der Waals surface area (Å²) in [6.07, 6.45) is 5.44. The molecule has 0 bridgehead atoms. The second-order valence-electron chi connectivity index (χ2n) is 6.24. The first kappa shape index (κ1) is 17.9. The minimum Gasteiger partial charge on any atom is -0.346 e. The molecule has 1 aromatic rings. The number of aromatic nitrogens is 2. The standard InChI is InChI=1S/C15H24BrN5O2/c1-10(2)14(17)15(23)18-8-13(22)20-5-3-12(4-6-20)21-9-11(16)7-19-21/h7,9-10,12,14H,3-6,8,17H2,1-2H3,(H,18,23)/t14-/m0/s1. The Hall–Kier alpha value is -1.41. The fourth-order valence-electron chi connectivity index (χ4n) is 2.59. The Kier molecular flexibility index (Phi) is 6.17. The third-order valence-electron chi connectivity index (χ3n) is 4.20.